The minimum Gasteiger partial charge on any atom is -0.379 e. The topological polar surface area (TPSA) is 56.5 Å². The maximum absolute atomic E-state index is 3.96. The van der Waals surface area contributed by atoms with E-state index < -0.39 is 0 Å². The van der Waals surface area contributed by atoms with E-state index in [4.69, 9.17) is 0 Å². The maximum atomic E-state index is 3.96. The second kappa shape index (κ2) is 4.79. The smallest absolute Gasteiger partial charge is 0.0650 e. The molecule has 1 aromatic carbocycles. The van der Waals surface area contributed by atoms with E-state index in [-0.39, 0.29) is 0 Å². The Morgan fingerprint density at radius 2 is 2.11 bits per heavy atom. The molecule has 0 aliphatic carbocycles. The van der Waals surface area contributed by atoms with Gasteiger partial charge in [-0.25, -0.2) is 0 Å². The molecule has 2 aromatic heterocycles. The van der Waals surface area contributed by atoms with Crippen molar-refractivity contribution in [1.82, 2.24) is 15.2 Å². The first-order valence-electron chi connectivity index (χ1n) is 5.88. The van der Waals surface area contributed by atoms with Crippen molar-refractivity contribution >= 4 is 5.69 Å². The van der Waals surface area contributed by atoms with Crippen molar-refractivity contribution in [1.29, 1.82) is 0 Å². The Morgan fingerprint density at radius 3 is 2.89 bits per heavy atom. The molecule has 2 heterocycles. The first-order valence-corrected chi connectivity index (χ1v) is 5.88. The molecule has 4 nitrogen and oxygen atoms in total. The zero-order valence-electron chi connectivity index (χ0n) is 9.85. The summed E-state index contributed by atoms with van der Waals surface area (Å²) in [4.78, 5) is 3.17. The second-order valence-electron chi connectivity index (χ2n) is 4.10. The lowest BCUT2D eigenvalue weighted by Crippen LogP contribution is -1.99. The molecule has 3 aromatic rings. The summed E-state index contributed by atoms with van der Waals surface area (Å²) in [7, 11) is 0. The monoisotopic (exact) mass is 238 g/mol. The van der Waals surface area contributed by atoms with Crippen LogP contribution in [-0.4, -0.2) is 15.2 Å². The number of anilines is 1. The molecule has 0 unspecified atom stereocenters. The quantitative estimate of drug-likeness (QED) is 0.654. The van der Waals surface area contributed by atoms with E-state index in [2.05, 4.69) is 44.8 Å². The molecule has 3 N–H and O–H groups in total. The first-order chi connectivity index (χ1) is 8.92. The number of hydrogen-bond donors (Lipinski definition) is 3. The minimum absolute atomic E-state index is 0.791. The molecule has 0 atom stereocenters. The van der Waals surface area contributed by atoms with E-state index >= 15 is 0 Å². The van der Waals surface area contributed by atoms with Gasteiger partial charge < -0.3 is 10.3 Å². The molecule has 0 fully saturated rings. The van der Waals surface area contributed by atoms with Crippen LogP contribution >= 0.6 is 0 Å². The molecule has 0 spiro atoms. The molecule has 0 amide bonds. The Labute approximate surface area is 105 Å². The molecule has 0 saturated carbocycles. The van der Waals surface area contributed by atoms with E-state index in [1.165, 1.54) is 5.69 Å². The lowest BCUT2D eigenvalue weighted by molar-refractivity contribution is 1.07. The fourth-order valence-electron chi connectivity index (χ4n) is 1.89. The molecule has 0 bridgehead atoms. The number of H-pyrrole nitrogens is 2. The summed E-state index contributed by atoms with van der Waals surface area (Å²) in [6.45, 7) is 0.791. The number of benzene rings is 1. The van der Waals surface area contributed by atoms with Crippen LogP contribution in [0.4, 0.5) is 5.69 Å². The Bertz CT molecular complexity index is 597. The molecule has 3 rings (SSSR count). The van der Waals surface area contributed by atoms with E-state index in [0.717, 1.165) is 23.5 Å². The summed E-state index contributed by atoms with van der Waals surface area (Å²) in [6, 6.07) is 14.3. The number of nitrogens with zero attached hydrogens (tertiary/aromatic N) is 1. The van der Waals surface area contributed by atoms with Crippen molar-refractivity contribution in [3.05, 3.63) is 60.6 Å². The molecular weight excluding hydrogens is 224 g/mol. The van der Waals surface area contributed by atoms with E-state index in [1.54, 1.807) is 6.20 Å². The largest absolute Gasteiger partial charge is 0.379 e. The van der Waals surface area contributed by atoms with Crippen LogP contribution in [0.2, 0.25) is 0 Å². The minimum atomic E-state index is 0.791. The van der Waals surface area contributed by atoms with Crippen molar-refractivity contribution in [2.75, 3.05) is 5.32 Å². The Morgan fingerprint density at radius 1 is 1.11 bits per heavy atom. The zero-order valence-corrected chi connectivity index (χ0v) is 9.85. The van der Waals surface area contributed by atoms with Gasteiger partial charge in [0.2, 0.25) is 0 Å². The predicted octanol–water partition coefficient (Wildman–Crippen LogP) is 3.02. The molecule has 4 heteroatoms. The molecular formula is C14H14N4. The van der Waals surface area contributed by atoms with Gasteiger partial charge in [-0.15, -0.1) is 0 Å². The number of hydrogen-bond acceptors (Lipinski definition) is 2. The van der Waals surface area contributed by atoms with Crippen LogP contribution in [0.5, 0.6) is 0 Å². The standard InChI is InChI=1S/C14H14N4/c1-3-11(14-6-8-17-18-14)9-12(4-1)16-10-13-5-2-7-15-13/h1-9,15-16H,10H2,(H,17,18). The summed E-state index contributed by atoms with van der Waals surface area (Å²) in [6.07, 6.45) is 3.69. The van der Waals surface area contributed by atoms with Gasteiger partial charge in [0.25, 0.3) is 0 Å². The first kappa shape index (κ1) is 10.7. The van der Waals surface area contributed by atoms with Crippen LogP contribution in [0.3, 0.4) is 0 Å². The molecule has 0 aliphatic heterocycles. The van der Waals surface area contributed by atoms with Crippen molar-refractivity contribution in [3.8, 4) is 11.3 Å². The van der Waals surface area contributed by atoms with E-state index in [9.17, 15) is 0 Å². The lowest BCUT2D eigenvalue weighted by Gasteiger charge is -2.06. The van der Waals surface area contributed by atoms with Crippen LogP contribution in [-0.2, 0) is 6.54 Å². The van der Waals surface area contributed by atoms with Gasteiger partial charge in [0.15, 0.2) is 0 Å². The van der Waals surface area contributed by atoms with Crippen molar-refractivity contribution in [2.45, 2.75) is 6.54 Å². The third kappa shape index (κ3) is 2.27. The maximum Gasteiger partial charge on any atom is 0.0650 e. The number of rotatable bonds is 4. The highest BCUT2D eigenvalue weighted by atomic mass is 15.1. The number of aromatic nitrogens is 3. The van der Waals surface area contributed by atoms with Crippen LogP contribution in [0.1, 0.15) is 5.69 Å². The van der Waals surface area contributed by atoms with Crippen molar-refractivity contribution in [3.63, 3.8) is 0 Å². The highest BCUT2D eigenvalue weighted by Crippen LogP contribution is 2.20. The van der Waals surface area contributed by atoms with Gasteiger partial charge in [-0.2, -0.15) is 5.10 Å². The average molecular weight is 238 g/mol. The van der Waals surface area contributed by atoms with Gasteiger partial charge in [-0.05, 0) is 30.3 Å². The summed E-state index contributed by atoms with van der Waals surface area (Å²) >= 11 is 0. The van der Waals surface area contributed by atoms with Crippen LogP contribution in [0, 0.1) is 0 Å². The Hall–Kier alpha value is -2.49. The molecule has 0 saturated heterocycles. The van der Waals surface area contributed by atoms with Crippen LogP contribution in [0.15, 0.2) is 54.9 Å². The van der Waals surface area contributed by atoms with Gasteiger partial charge >= 0.3 is 0 Å². The van der Waals surface area contributed by atoms with Crippen molar-refractivity contribution in [2.24, 2.45) is 0 Å². The second-order valence-corrected chi connectivity index (χ2v) is 4.10. The third-order valence-electron chi connectivity index (χ3n) is 2.82. The SMILES string of the molecule is c1cc(NCc2ccc[nH]2)cc(-c2ccn[nH]2)c1. The Balaban J connectivity index is 1.75. The fourth-order valence-corrected chi connectivity index (χ4v) is 1.89. The van der Waals surface area contributed by atoms with Gasteiger partial charge in [0, 0.05) is 29.3 Å². The van der Waals surface area contributed by atoms with Gasteiger partial charge in [-0.3, -0.25) is 5.10 Å². The number of nitrogens with one attached hydrogen (secondary N) is 3. The summed E-state index contributed by atoms with van der Waals surface area (Å²) in [5, 5.41) is 10.3. The van der Waals surface area contributed by atoms with Gasteiger partial charge in [0.05, 0.1) is 12.2 Å². The summed E-state index contributed by atoms with van der Waals surface area (Å²) < 4.78 is 0. The summed E-state index contributed by atoms with van der Waals surface area (Å²) in [5.74, 6) is 0. The molecule has 0 aliphatic rings. The van der Waals surface area contributed by atoms with E-state index in [0.29, 0.717) is 0 Å². The lowest BCUT2D eigenvalue weighted by atomic mass is 10.1. The highest BCUT2D eigenvalue weighted by Gasteiger charge is 2.00. The summed E-state index contributed by atoms with van der Waals surface area (Å²) in [5.41, 5.74) is 4.42. The van der Waals surface area contributed by atoms with Crippen molar-refractivity contribution < 1.29 is 0 Å². The molecule has 0 radical (unpaired) electrons. The third-order valence-corrected chi connectivity index (χ3v) is 2.82. The molecule has 18 heavy (non-hydrogen) atoms. The van der Waals surface area contributed by atoms with Crippen LogP contribution < -0.4 is 5.32 Å². The normalized spacial score (nSPS) is 10.4. The molecule has 90 valence electrons. The van der Waals surface area contributed by atoms with Gasteiger partial charge in [0.1, 0.15) is 0 Å². The highest BCUT2D eigenvalue weighted by molar-refractivity contribution is 5.64. The van der Waals surface area contributed by atoms with Crippen LogP contribution in [0.25, 0.3) is 11.3 Å². The fraction of sp³-hybridized carbons (Fsp3) is 0.0714. The predicted molar refractivity (Wildman–Crippen MR) is 72.1 cm³/mol. The zero-order chi connectivity index (χ0) is 12.2. The van der Waals surface area contributed by atoms with Gasteiger partial charge in [-0.1, -0.05) is 12.1 Å². The average Bonchev–Trinajstić information content (AvgIpc) is 3.10. The number of aromatic amines is 2. The Kier molecular flexibility index (Phi) is 2.84. The van der Waals surface area contributed by atoms with E-state index in [1.807, 2.05) is 24.4 Å².